The lowest BCUT2D eigenvalue weighted by Crippen LogP contribution is -2.52. The van der Waals surface area contributed by atoms with Gasteiger partial charge in [-0.2, -0.15) is 0 Å². The van der Waals surface area contributed by atoms with Crippen molar-refractivity contribution in [3.8, 4) is 0 Å². The third-order valence-corrected chi connectivity index (χ3v) is 6.36. The largest absolute Gasteiger partial charge is 0.383 e. The number of nitrogens with zero attached hydrogens (tertiary/aromatic N) is 3. The normalized spacial score (nSPS) is 20.5. The van der Waals surface area contributed by atoms with Gasteiger partial charge in [0.15, 0.2) is 0 Å². The van der Waals surface area contributed by atoms with Gasteiger partial charge in [-0.1, -0.05) is 18.2 Å². The van der Waals surface area contributed by atoms with Crippen molar-refractivity contribution in [3.63, 3.8) is 0 Å². The van der Waals surface area contributed by atoms with Gasteiger partial charge >= 0.3 is 0 Å². The summed E-state index contributed by atoms with van der Waals surface area (Å²) in [5, 5.41) is 1.26. The molecule has 0 bridgehead atoms. The molecule has 1 spiro atoms. The van der Waals surface area contributed by atoms with E-state index in [0.29, 0.717) is 24.3 Å². The van der Waals surface area contributed by atoms with Gasteiger partial charge in [-0.3, -0.25) is 14.7 Å². The summed E-state index contributed by atoms with van der Waals surface area (Å²) in [6, 6.07) is 10.6. The van der Waals surface area contributed by atoms with E-state index in [1.807, 2.05) is 17.2 Å². The molecule has 2 aromatic rings. The zero-order valence-corrected chi connectivity index (χ0v) is 16.2. The molecule has 0 atom stereocenters. The summed E-state index contributed by atoms with van der Waals surface area (Å²) in [7, 11) is 1.70. The first-order valence-electron chi connectivity index (χ1n) is 10.0. The fourth-order valence-electron chi connectivity index (χ4n) is 4.65. The van der Waals surface area contributed by atoms with Crippen molar-refractivity contribution in [2.24, 2.45) is 5.41 Å². The number of fused-ring (bicyclic) bond motifs is 1. The quantitative estimate of drug-likeness (QED) is 0.815. The monoisotopic (exact) mass is 367 g/mol. The molecular weight excluding hydrogens is 338 g/mol. The molecule has 0 N–H and O–H groups in total. The van der Waals surface area contributed by atoms with Crippen molar-refractivity contribution in [2.75, 3.05) is 39.9 Å². The summed E-state index contributed by atoms with van der Waals surface area (Å²) in [5.74, 6) is 0.295. The van der Waals surface area contributed by atoms with E-state index in [9.17, 15) is 4.79 Å². The number of aromatic nitrogens is 1. The Labute approximate surface area is 161 Å². The number of amides is 1. The Bertz CT molecular complexity index is 794. The Kier molecular flexibility index (Phi) is 5.41. The van der Waals surface area contributed by atoms with Gasteiger partial charge in [0, 0.05) is 44.7 Å². The molecule has 0 saturated carbocycles. The van der Waals surface area contributed by atoms with E-state index < -0.39 is 0 Å². The van der Waals surface area contributed by atoms with Crippen molar-refractivity contribution >= 4 is 16.8 Å². The molecule has 2 fully saturated rings. The SMILES string of the molecule is COCCN1CC2(CCC1=O)CCN(Cc1cccc3ncccc13)CC2. The Morgan fingerprint density at radius 1 is 1.15 bits per heavy atom. The Morgan fingerprint density at radius 3 is 2.81 bits per heavy atom. The van der Waals surface area contributed by atoms with Gasteiger partial charge in [0.25, 0.3) is 0 Å². The van der Waals surface area contributed by atoms with Crippen LogP contribution in [0.25, 0.3) is 10.9 Å². The van der Waals surface area contributed by atoms with Crippen LogP contribution < -0.4 is 0 Å². The molecule has 2 saturated heterocycles. The minimum Gasteiger partial charge on any atom is -0.383 e. The fourth-order valence-corrected chi connectivity index (χ4v) is 4.65. The van der Waals surface area contributed by atoms with Crippen LogP contribution in [0.5, 0.6) is 0 Å². The number of carbonyl (C=O) groups excluding carboxylic acids is 1. The molecule has 1 amide bonds. The minimum atomic E-state index is 0.295. The van der Waals surface area contributed by atoms with Crippen LogP contribution in [0.4, 0.5) is 0 Å². The van der Waals surface area contributed by atoms with E-state index in [2.05, 4.69) is 34.1 Å². The smallest absolute Gasteiger partial charge is 0.222 e. The number of likely N-dealkylation sites (tertiary alicyclic amines) is 2. The highest BCUT2D eigenvalue weighted by atomic mass is 16.5. The number of ether oxygens (including phenoxy) is 1. The van der Waals surface area contributed by atoms with Crippen molar-refractivity contribution < 1.29 is 9.53 Å². The average Bonchev–Trinajstić information content (AvgIpc) is 2.71. The van der Waals surface area contributed by atoms with Crippen molar-refractivity contribution in [1.29, 1.82) is 0 Å². The van der Waals surface area contributed by atoms with Crippen molar-refractivity contribution in [2.45, 2.75) is 32.2 Å². The molecule has 144 valence electrons. The van der Waals surface area contributed by atoms with E-state index in [4.69, 9.17) is 4.74 Å². The van der Waals surface area contributed by atoms with Crippen molar-refractivity contribution in [1.82, 2.24) is 14.8 Å². The Balaban J connectivity index is 1.39. The first-order chi connectivity index (χ1) is 13.2. The second kappa shape index (κ2) is 7.95. The average molecular weight is 367 g/mol. The van der Waals surface area contributed by atoms with Gasteiger partial charge in [0.2, 0.25) is 5.91 Å². The molecular formula is C22H29N3O2. The van der Waals surface area contributed by atoms with Crippen LogP contribution in [0, 0.1) is 5.41 Å². The van der Waals surface area contributed by atoms with Crippen LogP contribution >= 0.6 is 0 Å². The number of pyridine rings is 1. The third kappa shape index (κ3) is 3.99. The number of methoxy groups -OCH3 is 1. The van der Waals surface area contributed by atoms with Crippen LogP contribution in [-0.2, 0) is 16.1 Å². The van der Waals surface area contributed by atoms with Gasteiger partial charge in [0.1, 0.15) is 0 Å². The second-order valence-electron chi connectivity index (χ2n) is 8.07. The summed E-state index contributed by atoms with van der Waals surface area (Å²) in [4.78, 5) is 21.3. The maximum absolute atomic E-state index is 12.2. The molecule has 2 aliphatic heterocycles. The highest BCUT2D eigenvalue weighted by Gasteiger charge is 2.40. The summed E-state index contributed by atoms with van der Waals surface area (Å²) < 4.78 is 5.18. The predicted octanol–water partition coefficient (Wildman–Crippen LogP) is 3.09. The first kappa shape index (κ1) is 18.4. The zero-order chi connectivity index (χ0) is 18.7. The third-order valence-electron chi connectivity index (χ3n) is 6.36. The Hall–Kier alpha value is -1.98. The zero-order valence-electron chi connectivity index (χ0n) is 16.2. The van der Waals surface area contributed by atoms with Gasteiger partial charge < -0.3 is 9.64 Å². The maximum Gasteiger partial charge on any atom is 0.222 e. The number of rotatable bonds is 5. The van der Waals surface area contributed by atoms with E-state index in [1.165, 1.54) is 23.8 Å². The lowest BCUT2D eigenvalue weighted by Gasteiger charge is -2.47. The van der Waals surface area contributed by atoms with E-state index in [1.54, 1.807) is 7.11 Å². The van der Waals surface area contributed by atoms with Gasteiger partial charge in [-0.05, 0) is 55.5 Å². The molecule has 27 heavy (non-hydrogen) atoms. The van der Waals surface area contributed by atoms with E-state index >= 15 is 0 Å². The van der Waals surface area contributed by atoms with Crippen LogP contribution in [0.15, 0.2) is 36.5 Å². The predicted molar refractivity (Wildman–Crippen MR) is 106 cm³/mol. The molecule has 0 radical (unpaired) electrons. The number of piperidine rings is 2. The van der Waals surface area contributed by atoms with Crippen LogP contribution in [0.1, 0.15) is 31.2 Å². The van der Waals surface area contributed by atoms with Gasteiger partial charge in [-0.25, -0.2) is 0 Å². The number of benzene rings is 1. The van der Waals surface area contributed by atoms with Crippen molar-refractivity contribution in [3.05, 3.63) is 42.1 Å². The van der Waals surface area contributed by atoms with Crippen LogP contribution in [-0.4, -0.2) is 60.6 Å². The molecule has 3 heterocycles. The Morgan fingerprint density at radius 2 is 2.00 bits per heavy atom. The molecule has 5 nitrogen and oxygen atoms in total. The lowest BCUT2D eigenvalue weighted by atomic mass is 9.72. The molecule has 5 heteroatoms. The van der Waals surface area contributed by atoms with E-state index in [-0.39, 0.29) is 0 Å². The number of hydrogen-bond acceptors (Lipinski definition) is 4. The number of hydrogen-bond donors (Lipinski definition) is 0. The maximum atomic E-state index is 12.2. The lowest BCUT2D eigenvalue weighted by molar-refractivity contribution is -0.139. The highest BCUT2D eigenvalue weighted by Crippen LogP contribution is 2.40. The molecule has 2 aliphatic rings. The number of carbonyl (C=O) groups is 1. The van der Waals surface area contributed by atoms with Gasteiger partial charge in [-0.15, -0.1) is 0 Å². The molecule has 1 aromatic heterocycles. The highest BCUT2D eigenvalue weighted by molar-refractivity contribution is 5.81. The molecule has 4 rings (SSSR count). The van der Waals surface area contributed by atoms with Crippen LogP contribution in [0.3, 0.4) is 0 Å². The summed E-state index contributed by atoms with van der Waals surface area (Å²) >= 11 is 0. The second-order valence-corrected chi connectivity index (χ2v) is 8.07. The molecule has 0 aliphatic carbocycles. The summed E-state index contributed by atoms with van der Waals surface area (Å²) in [6.45, 7) is 5.44. The van der Waals surface area contributed by atoms with Gasteiger partial charge in [0.05, 0.1) is 12.1 Å². The van der Waals surface area contributed by atoms with E-state index in [0.717, 1.165) is 44.7 Å². The molecule has 1 aromatic carbocycles. The summed E-state index contributed by atoms with van der Waals surface area (Å²) in [5.41, 5.74) is 2.73. The first-order valence-corrected chi connectivity index (χ1v) is 10.0. The minimum absolute atomic E-state index is 0.295. The molecule has 0 unspecified atom stereocenters. The summed E-state index contributed by atoms with van der Waals surface area (Å²) in [6.07, 6.45) is 5.94. The topological polar surface area (TPSA) is 45.7 Å². The standard InChI is InChI=1S/C22H29N3O2/c1-27-15-14-25-17-22(8-7-21(25)26)9-12-24(13-10-22)16-18-4-2-6-20-19(18)5-3-11-23-20/h2-6,11H,7-10,12-17H2,1H3. The fraction of sp³-hybridized carbons (Fsp3) is 0.545. The van der Waals surface area contributed by atoms with Crippen LogP contribution in [0.2, 0.25) is 0 Å².